The summed E-state index contributed by atoms with van der Waals surface area (Å²) in [6, 6.07) is 4.58. The molecule has 1 aromatic rings. The van der Waals surface area contributed by atoms with Crippen LogP contribution in [-0.2, 0) is 0 Å². The average molecular weight is 268 g/mol. The summed E-state index contributed by atoms with van der Waals surface area (Å²) in [5.74, 6) is -0.731. The van der Waals surface area contributed by atoms with E-state index in [4.69, 9.17) is 0 Å². The lowest BCUT2D eigenvalue weighted by atomic mass is 10.1. The zero-order valence-corrected chi connectivity index (χ0v) is 12.8. The fourth-order valence-electron chi connectivity index (χ4n) is 1.46. The minimum absolute atomic E-state index is 0.145. The molecule has 4 heteroatoms. The Labute approximate surface area is 116 Å². The zero-order valence-electron chi connectivity index (χ0n) is 12.8. The number of hydrogen-bond acceptors (Lipinski definition) is 2. The van der Waals surface area contributed by atoms with E-state index in [0.29, 0.717) is 6.54 Å². The van der Waals surface area contributed by atoms with E-state index in [1.54, 1.807) is 19.2 Å². The van der Waals surface area contributed by atoms with Crippen molar-refractivity contribution in [3.8, 4) is 0 Å². The van der Waals surface area contributed by atoms with Crippen molar-refractivity contribution in [3.63, 3.8) is 0 Å². The molecule has 3 nitrogen and oxygen atoms in total. The number of hydrogen-bond donors (Lipinski definition) is 0. The van der Waals surface area contributed by atoms with E-state index >= 15 is 0 Å². The number of rotatable bonds is 4. The van der Waals surface area contributed by atoms with Crippen LogP contribution in [0.1, 0.15) is 29.8 Å². The predicted molar refractivity (Wildman–Crippen MR) is 78.0 cm³/mol. The van der Waals surface area contributed by atoms with E-state index < -0.39 is 5.82 Å². The molecule has 0 aromatic heterocycles. The molecule has 0 N–H and O–H groups in total. The SMILES string of the molecule is CC.Cc1ccc(F)c(C(=O)N(C)CCN(C)C)c1. The molecule has 0 bridgehead atoms. The van der Waals surface area contributed by atoms with E-state index in [-0.39, 0.29) is 11.5 Å². The molecular formula is C15H25FN2O. The average Bonchev–Trinajstić information content (AvgIpc) is 2.40. The van der Waals surface area contributed by atoms with Crippen molar-refractivity contribution in [2.45, 2.75) is 20.8 Å². The van der Waals surface area contributed by atoms with Gasteiger partial charge in [-0.05, 0) is 33.2 Å². The first-order valence-electron chi connectivity index (χ1n) is 6.58. The van der Waals surface area contributed by atoms with Crippen LogP contribution in [0.25, 0.3) is 0 Å². The van der Waals surface area contributed by atoms with Gasteiger partial charge in [-0.2, -0.15) is 0 Å². The maximum absolute atomic E-state index is 13.5. The summed E-state index contributed by atoms with van der Waals surface area (Å²) in [7, 11) is 5.56. The summed E-state index contributed by atoms with van der Waals surface area (Å²) >= 11 is 0. The topological polar surface area (TPSA) is 23.6 Å². The molecule has 0 aliphatic rings. The van der Waals surface area contributed by atoms with Crippen molar-refractivity contribution < 1.29 is 9.18 Å². The van der Waals surface area contributed by atoms with Crippen molar-refractivity contribution in [2.75, 3.05) is 34.2 Å². The fraction of sp³-hybridized carbons (Fsp3) is 0.533. The third kappa shape index (κ3) is 5.83. The molecule has 108 valence electrons. The number of amides is 1. The Hall–Kier alpha value is -1.42. The molecule has 0 aliphatic carbocycles. The summed E-state index contributed by atoms with van der Waals surface area (Å²) in [6.07, 6.45) is 0. The molecule has 0 saturated heterocycles. The number of nitrogens with zero attached hydrogens (tertiary/aromatic N) is 2. The minimum Gasteiger partial charge on any atom is -0.340 e. The molecule has 0 saturated carbocycles. The van der Waals surface area contributed by atoms with Gasteiger partial charge in [-0.3, -0.25) is 4.79 Å². The summed E-state index contributed by atoms with van der Waals surface area (Å²) < 4.78 is 13.5. The highest BCUT2D eigenvalue weighted by Gasteiger charge is 2.16. The normalized spacial score (nSPS) is 9.89. The second-order valence-corrected chi connectivity index (χ2v) is 4.51. The molecule has 0 unspecified atom stereocenters. The first kappa shape index (κ1) is 17.6. The van der Waals surface area contributed by atoms with Crippen LogP contribution >= 0.6 is 0 Å². The predicted octanol–water partition coefficient (Wildman–Crippen LogP) is 2.79. The van der Waals surface area contributed by atoms with Crippen molar-refractivity contribution in [3.05, 3.63) is 35.1 Å². The molecule has 19 heavy (non-hydrogen) atoms. The first-order valence-corrected chi connectivity index (χ1v) is 6.58. The number of likely N-dealkylation sites (N-methyl/N-ethyl adjacent to an activating group) is 2. The molecule has 0 aliphatic heterocycles. The molecule has 0 spiro atoms. The highest BCUT2D eigenvalue weighted by atomic mass is 19.1. The lowest BCUT2D eigenvalue weighted by molar-refractivity contribution is 0.0781. The van der Waals surface area contributed by atoms with E-state index in [1.807, 2.05) is 39.8 Å². The fourth-order valence-corrected chi connectivity index (χ4v) is 1.46. The van der Waals surface area contributed by atoms with Crippen LogP contribution in [0.4, 0.5) is 4.39 Å². The van der Waals surface area contributed by atoms with Crippen LogP contribution < -0.4 is 0 Å². The lowest BCUT2D eigenvalue weighted by Crippen LogP contribution is -2.34. The van der Waals surface area contributed by atoms with Gasteiger partial charge in [0.2, 0.25) is 0 Å². The van der Waals surface area contributed by atoms with Crippen molar-refractivity contribution in [1.29, 1.82) is 0 Å². The maximum Gasteiger partial charge on any atom is 0.256 e. The van der Waals surface area contributed by atoms with Gasteiger partial charge in [0.1, 0.15) is 5.82 Å². The monoisotopic (exact) mass is 268 g/mol. The number of benzene rings is 1. The van der Waals surface area contributed by atoms with Gasteiger partial charge in [0.25, 0.3) is 5.91 Å². The number of halogens is 1. The van der Waals surface area contributed by atoms with Crippen LogP contribution in [0.5, 0.6) is 0 Å². The van der Waals surface area contributed by atoms with E-state index in [9.17, 15) is 9.18 Å². The second kappa shape index (κ2) is 8.64. The van der Waals surface area contributed by atoms with Crippen molar-refractivity contribution >= 4 is 5.91 Å². The highest BCUT2D eigenvalue weighted by molar-refractivity contribution is 5.94. The highest BCUT2D eigenvalue weighted by Crippen LogP contribution is 2.12. The zero-order chi connectivity index (χ0) is 15.0. The van der Waals surface area contributed by atoms with Gasteiger partial charge >= 0.3 is 0 Å². The number of aryl methyl sites for hydroxylation is 1. The number of carbonyl (C=O) groups is 1. The van der Waals surface area contributed by atoms with Gasteiger partial charge in [-0.15, -0.1) is 0 Å². The molecule has 1 aromatic carbocycles. The van der Waals surface area contributed by atoms with Gasteiger partial charge in [0.15, 0.2) is 0 Å². The lowest BCUT2D eigenvalue weighted by Gasteiger charge is -2.20. The van der Waals surface area contributed by atoms with Gasteiger partial charge in [-0.25, -0.2) is 4.39 Å². The van der Waals surface area contributed by atoms with Gasteiger partial charge in [-0.1, -0.05) is 25.5 Å². The summed E-state index contributed by atoms with van der Waals surface area (Å²) in [5, 5.41) is 0. The maximum atomic E-state index is 13.5. The Morgan fingerprint density at radius 2 is 1.74 bits per heavy atom. The summed E-state index contributed by atoms with van der Waals surface area (Å²) in [6.45, 7) is 7.19. The third-order valence-corrected chi connectivity index (χ3v) is 2.58. The molecule has 1 rings (SSSR count). The van der Waals surface area contributed by atoms with E-state index in [1.165, 1.54) is 11.0 Å². The minimum atomic E-state index is -0.461. The molecule has 0 fully saturated rings. The molecule has 0 heterocycles. The molecule has 1 amide bonds. The van der Waals surface area contributed by atoms with Crippen molar-refractivity contribution in [1.82, 2.24) is 9.80 Å². The Balaban J connectivity index is 0.00000154. The Morgan fingerprint density at radius 1 is 1.16 bits per heavy atom. The van der Waals surface area contributed by atoms with Crippen LogP contribution in [-0.4, -0.2) is 49.9 Å². The van der Waals surface area contributed by atoms with Crippen LogP contribution in [0.15, 0.2) is 18.2 Å². The molecule has 0 radical (unpaired) electrons. The largest absolute Gasteiger partial charge is 0.340 e. The quantitative estimate of drug-likeness (QED) is 0.838. The van der Waals surface area contributed by atoms with Crippen molar-refractivity contribution in [2.24, 2.45) is 0 Å². The van der Waals surface area contributed by atoms with E-state index in [2.05, 4.69) is 0 Å². The van der Waals surface area contributed by atoms with Gasteiger partial charge in [0.05, 0.1) is 5.56 Å². The Bertz CT molecular complexity index is 405. The van der Waals surface area contributed by atoms with E-state index in [0.717, 1.165) is 12.1 Å². The summed E-state index contributed by atoms with van der Waals surface area (Å²) in [5.41, 5.74) is 1.03. The van der Waals surface area contributed by atoms with Crippen LogP contribution in [0.2, 0.25) is 0 Å². The second-order valence-electron chi connectivity index (χ2n) is 4.51. The van der Waals surface area contributed by atoms with Crippen LogP contribution in [0.3, 0.4) is 0 Å². The Kier molecular flexibility index (Phi) is 8.00. The third-order valence-electron chi connectivity index (χ3n) is 2.58. The molecule has 0 atom stereocenters. The summed E-state index contributed by atoms with van der Waals surface area (Å²) in [4.78, 5) is 15.5. The standard InChI is InChI=1S/C13H19FN2O.C2H6/c1-10-5-6-12(14)11(9-10)13(17)16(4)8-7-15(2)3;1-2/h5-6,9H,7-8H2,1-4H3;1-2H3. The molecular weight excluding hydrogens is 243 g/mol. The first-order chi connectivity index (χ1) is 8.91. The van der Waals surface area contributed by atoms with Gasteiger partial charge in [0, 0.05) is 20.1 Å². The van der Waals surface area contributed by atoms with Gasteiger partial charge < -0.3 is 9.80 Å². The smallest absolute Gasteiger partial charge is 0.256 e. The number of carbonyl (C=O) groups excluding carboxylic acids is 1. The Morgan fingerprint density at radius 3 is 2.26 bits per heavy atom. The van der Waals surface area contributed by atoms with Crippen LogP contribution in [0, 0.1) is 12.7 Å².